The summed E-state index contributed by atoms with van der Waals surface area (Å²) < 4.78 is 54.3. The molecule has 0 spiro atoms. The molecule has 2 aromatic carbocycles. The lowest BCUT2D eigenvalue weighted by Crippen LogP contribution is -2.47. The van der Waals surface area contributed by atoms with E-state index in [2.05, 4.69) is 10.1 Å². The van der Waals surface area contributed by atoms with Gasteiger partial charge in [-0.1, -0.05) is 6.07 Å². The fourth-order valence-electron chi connectivity index (χ4n) is 4.11. The summed E-state index contributed by atoms with van der Waals surface area (Å²) in [4.78, 5) is 13.2. The van der Waals surface area contributed by atoms with Crippen molar-refractivity contribution in [3.05, 3.63) is 59.9 Å². The molecule has 176 valence electrons. The SMILES string of the molecule is Cn1nc2nc(N3CCN(c4cccc(C(F)(F)F)c4)CC3)nc(-c3ccc(F)cc3)c2c1N. The van der Waals surface area contributed by atoms with E-state index in [-0.39, 0.29) is 5.82 Å². The first-order valence-electron chi connectivity index (χ1n) is 10.6. The van der Waals surface area contributed by atoms with Crippen LogP contribution in [-0.4, -0.2) is 45.9 Å². The number of hydrogen-bond acceptors (Lipinski definition) is 6. The van der Waals surface area contributed by atoms with Crippen LogP contribution in [0.5, 0.6) is 0 Å². The van der Waals surface area contributed by atoms with Crippen molar-refractivity contribution >= 4 is 28.5 Å². The molecule has 0 radical (unpaired) electrons. The molecule has 1 saturated heterocycles. The van der Waals surface area contributed by atoms with Gasteiger partial charge in [-0.15, -0.1) is 0 Å². The van der Waals surface area contributed by atoms with Gasteiger partial charge in [-0.2, -0.15) is 23.3 Å². The smallest absolute Gasteiger partial charge is 0.383 e. The van der Waals surface area contributed by atoms with Crippen LogP contribution in [-0.2, 0) is 13.2 Å². The number of rotatable bonds is 3. The molecule has 2 aromatic heterocycles. The summed E-state index contributed by atoms with van der Waals surface area (Å²) in [7, 11) is 1.71. The number of piperazine rings is 1. The Hall–Kier alpha value is -3.89. The van der Waals surface area contributed by atoms with E-state index in [0.717, 1.165) is 6.07 Å². The standard InChI is InChI=1S/C23H21F4N7/c1-32-20(28)18-19(14-5-7-16(24)8-6-14)29-22(30-21(18)31-32)34-11-9-33(10-12-34)17-4-2-3-15(13-17)23(25,26)27/h2-8,13H,9-12,28H2,1H3. The topological polar surface area (TPSA) is 76.1 Å². The van der Waals surface area contributed by atoms with Gasteiger partial charge in [-0.25, -0.2) is 9.37 Å². The van der Waals surface area contributed by atoms with E-state index in [9.17, 15) is 17.6 Å². The Morgan fingerprint density at radius 3 is 2.26 bits per heavy atom. The highest BCUT2D eigenvalue weighted by molar-refractivity contribution is 5.98. The first-order valence-corrected chi connectivity index (χ1v) is 10.6. The molecule has 3 heterocycles. The highest BCUT2D eigenvalue weighted by atomic mass is 19.4. The Bertz CT molecular complexity index is 1340. The molecule has 0 saturated carbocycles. The molecule has 1 fully saturated rings. The van der Waals surface area contributed by atoms with Gasteiger partial charge in [0.25, 0.3) is 0 Å². The van der Waals surface area contributed by atoms with Gasteiger partial charge in [0.05, 0.1) is 16.6 Å². The third-order valence-electron chi connectivity index (χ3n) is 5.95. The highest BCUT2D eigenvalue weighted by Crippen LogP contribution is 2.34. The number of hydrogen-bond donors (Lipinski definition) is 1. The van der Waals surface area contributed by atoms with Gasteiger partial charge in [0.1, 0.15) is 11.6 Å². The van der Waals surface area contributed by atoms with Crippen LogP contribution < -0.4 is 15.5 Å². The second-order valence-electron chi connectivity index (χ2n) is 8.11. The van der Waals surface area contributed by atoms with Crippen LogP contribution in [0, 0.1) is 5.82 Å². The largest absolute Gasteiger partial charge is 0.416 e. The number of halogens is 4. The molecule has 5 rings (SSSR count). The lowest BCUT2D eigenvalue weighted by atomic mass is 10.1. The molecule has 0 aliphatic carbocycles. The zero-order chi connectivity index (χ0) is 24.0. The molecule has 34 heavy (non-hydrogen) atoms. The summed E-state index contributed by atoms with van der Waals surface area (Å²) in [6.45, 7) is 2.01. The Morgan fingerprint density at radius 1 is 0.912 bits per heavy atom. The number of nitrogens with zero attached hydrogens (tertiary/aromatic N) is 6. The van der Waals surface area contributed by atoms with Crippen LogP contribution in [0.25, 0.3) is 22.3 Å². The fraction of sp³-hybridized carbons (Fsp3) is 0.261. The van der Waals surface area contributed by atoms with Gasteiger partial charge in [-0.3, -0.25) is 4.68 Å². The molecule has 4 aromatic rings. The first-order chi connectivity index (χ1) is 16.2. The van der Waals surface area contributed by atoms with E-state index in [0.29, 0.717) is 65.9 Å². The number of nitrogens with two attached hydrogens (primary N) is 1. The predicted octanol–water partition coefficient (Wildman–Crippen LogP) is 4.10. The van der Waals surface area contributed by atoms with E-state index in [1.54, 1.807) is 25.2 Å². The lowest BCUT2D eigenvalue weighted by Gasteiger charge is -2.36. The summed E-state index contributed by atoms with van der Waals surface area (Å²) >= 11 is 0. The molecule has 11 heteroatoms. The van der Waals surface area contributed by atoms with Gasteiger partial charge in [0, 0.05) is 44.5 Å². The number of aryl methyl sites for hydroxylation is 1. The van der Waals surface area contributed by atoms with Crippen molar-refractivity contribution in [2.24, 2.45) is 7.05 Å². The lowest BCUT2D eigenvalue weighted by molar-refractivity contribution is -0.137. The second-order valence-corrected chi connectivity index (χ2v) is 8.11. The maximum Gasteiger partial charge on any atom is 0.416 e. The number of alkyl halides is 3. The average molecular weight is 471 g/mol. The van der Waals surface area contributed by atoms with Gasteiger partial charge in [-0.05, 0) is 42.5 Å². The van der Waals surface area contributed by atoms with Crippen LogP contribution in [0.3, 0.4) is 0 Å². The number of fused-ring (bicyclic) bond motifs is 1. The summed E-state index contributed by atoms with van der Waals surface area (Å²) in [5.41, 5.74) is 7.71. The van der Waals surface area contributed by atoms with Crippen molar-refractivity contribution in [1.29, 1.82) is 0 Å². The fourth-order valence-corrected chi connectivity index (χ4v) is 4.11. The molecule has 0 unspecified atom stereocenters. The molecule has 7 nitrogen and oxygen atoms in total. The van der Waals surface area contributed by atoms with Crippen LogP contribution in [0.4, 0.5) is 35.0 Å². The maximum absolute atomic E-state index is 13.5. The minimum absolute atomic E-state index is 0.362. The molecule has 2 N–H and O–H groups in total. The van der Waals surface area contributed by atoms with Crippen molar-refractivity contribution in [3.8, 4) is 11.3 Å². The summed E-state index contributed by atoms with van der Waals surface area (Å²) in [6.07, 6.45) is -4.39. The minimum Gasteiger partial charge on any atom is -0.383 e. The Kier molecular flexibility index (Phi) is 5.26. The summed E-state index contributed by atoms with van der Waals surface area (Å²) in [6, 6.07) is 11.3. The Labute approximate surface area is 192 Å². The van der Waals surface area contributed by atoms with Crippen LogP contribution in [0.2, 0.25) is 0 Å². The number of anilines is 3. The van der Waals surface area contributed by atoms with Crippen LogP contribution in [0.1, 0.15) is 5.56 Å². The van der Waals surface area contributed by atoms with E-state index in [1.807, 2.05) is 9.80 Å². The number of aromatic nitrogens is 4. The van der Waals surface area contributed by atoms with Gasteiger partial charge in [0.2, 0.25) is 5.95 Å². The van der Waals surface area contributed by atoms with E-state index in [4.69, 9.17) is 10.7 Å². The van der Waals surface area contributed by atoms with E-state index < -0.39 is 11.7 Å². The predicted molar refractivity (Wildman–Crippen MR) is 122 cm³/mol. The van der Waals surface area contributed by atoms with Crippen molar-refractivity contribution in [3.63, 3.8) is 0 Å². The second kappa shape index (κ2) is 8.15. The van der Waals surface area contributed by atoms with Crippen molar-refractivity contribution < 1.29 is 17.6 Å². The quantitative estimate of drug-likeness (QED) is 0.454. The molecule has 1 aliphatic heterocycles. The molecular weight excluding hydrogens is 450 g/mol. The first kappa shape index (κ1) is 21.9. The molecule has 0 amide bonds. The Balaban J connectivity index is 1.44. The molecule has 1 aliphatic rings. The van der Waals surface area contributed by atoms with Crippen LogP contribution in [0.15, 0.2) is 48.5 Å². The summed E-state index contributed by atoms with van der Waals surface area (Å²) in [5.74, 6) is 0.475. The van der Waals surface area contributed by atoms with Crippen molar-refractivity contribution in [2.45, 2.75) is 6.18 Å². The van der Waals surface area contributed by atoms with Gasteiger partial charge < -0.3 is 15.5 Å². The normalized spacial score (nSPS) is 14.7. The zero-order valence-electron chi connectivity index (χ0n) is 18.2. The van der Waals surface area contributed by atoms with Gasteiger partial charge in [0.15, 0.2) is 5.65 Å². The zero-order valence-corrected chi connectivity index (χ0v) is 18.2. The van der Waals surface area contributed by atoms with E-state index in [1.165, 1.54) is 28.9 Å². The third kappa shape index (κ3) is 3.97. The monoisotopic (exact) mass is 471 g/mol. The molecule has 0 atom stereocenters. The Morgan fingerprint density at radius 2 is 1.59 bits per heavy atom. The highest BCUT2D eigenvalue weighted by Gasteiger charge is 2.31. The summed E-state index contributed by atoms with van der Waals surface area (Å²) in [5, 5.41) is 4.97. The van der Waals surface area contributed by atoms with Gasteiger partial charge >= 0.3 is 6.18 Å². The third-order valence-corrected chi connectivity index (χ3v) is 5.95. The average Bonchev–Trinajstić information content (AvgIpc) is 3.12. The maximum atomic E-state index is 13.5. The van der Waals surface area contributed by atoms with E-state index >= 15 is 0 Å². The minimum atomic E-state index is -4.39. The number of nitrogen functional groups attached to an aromatic ring is 1. The van der Waals surface area contributed by atoms with Crippen molar-refractivity contribution in [2.75, 3.05) is 41.7 Å². The van der Waals surface area contributed by atoms with Crippen LogP contribution >= 0.6 is 0 Å². The number of benzene rings is 2. The molecule has 0 bridgehead atoms. The van der Waals surface area contributed by atoms with Crippen molar-refractivity contribution in [1.82, 2.24) is 19.7 Å². The molecular formula is C23H21F4N7.